The minimum Gasteiger partial charge on any atom is -0.462 e. The van der Waals surface area contributed by atoms with Crippen molar-refractivity contribution in [3.8, 4) is 0 Å². The van der Waals surface area contributed by atoms with Crippen LogP contribution in [0.4, 0.5) is 0 Å². The Morgan fingerprint density at radius 2 is 1.79 bits per heavy atom. The maximum atomic E-state index is 12.3. The lowest BCUT2D eigenvalue weighted by Crippen LogP contribution is -2.47. The van der Waals surface area contributed by atoms with Gasteiger partial charge in [-0.15, -0.1) is 0 Å². The molecule has 6 heteroatoms. The molecule has 1 aliphatic heterocycles. The molecule has 2 saturated carbocycles. The number of benzene rings is 1. The van der Waals surface area contributed by atoms with E-state index in [0.717, 1.165) is 37.2 Å². The van der Waals surface area contributed by atoms with Gasteiger partial charge in [-0.2, -0.15) is 0 Å². The van der Waals surface area contributed by atoms with Crippen molar-refractivity contribution in [3.63, 3.8) is 0 Å². The summed E-state index contributed by atoms with van der Waals surface area (Å²) in [4.78, 5) is 12.3. The smallest absolute Gasteiger partial charge is 0.308 e. The van der Waals surface area contributed by atoms with E-state index in [1.165, 1.54) is 19.3 Å². The standard InChI is InChI=1S/C32H51O5Si/c1-23-12-13-25-18-27(37-38(5,6)32(2,3)4)15-17-30(25)29(23)16-14-26-19-28(20-31(33)36-26)35-22-34-21-24-10-8-7-9-11-24/h7-11,17,23,25-30H,12-16,18-22H2,1-6H3. The van der Waals surface area contributed by atoms with Crippen LogP contribution >= 0.6 is 0 Å². The first kappa shape index (κ1) is 29.8. The van der Waals surface area contributed by atoms with Crippen LogP contribution in [0, 0.1) is 30.1 Å². The van der Waals surface area contributed by atoms with Crippen LogP contribution in [0.25, 0.3) is 0 Å². The van der Waals surface area contributed by atoms with Gasteiger partial charge in [0.2, 0.25) is 0 Å². The molecule has 0 N–H and O–H groups in total. The second kappa shape index (κ2) is 13.0. The lowest BCUT2D eigenvalue weighted by Gasteiger charge is -2.49. The van der Waals surface area contributed by atoms with Crippen LogP contribution < -0.4 is 0 Å². The van der Waals surface area contributed by atoms with Gasteiger partial charge in [-0.05, 0) is 85.9 Å². The van der Waals surface area contributed by atoms with Crippen molar-refractivity contribution in [1.29, 1.82) is 0 Å². The first-order chi connectivity index (χ1) is 18.0. The molecule has 1 radical (unpaired) electrons. The third-order valence-electron chi connectivity index (χ3n) is 9.81. The van der Waals surface area contributed by atoms with Crippen LogP contribution in [0.2, 0.25) is 18.1 Å². The van der Waals surface area contributed by atoms with E-state index >= 15 is 0 Å². The zero-order valence-electron chi connectivity index (χ0n) is 24.6. The van der Waals surface area contributed by atoms with E-state index in [0.29, 0.717) is 36.9 Å². The zero-order valence-corrected chi connectivity index (χ0v) is 25.6. The Morgan fingerprint density at radius 3 is 2.53 bits per heavy atom. The number of fused-ring (bicyclic) bond motifs is 1. The van der Waals surface area contributed by atoms with Crippen molar-refractivity contribution in [2.24, 2.45) is 23.7 Å². The van der Waals surface area contributed by atoms with E-state index in [4.69, 9.17) is 18.6 Å². The maximum Gasteiger partial charge on any atom is 0.308 e. The van der Waals surface area contributed by atoms with Gasteiger partial charge in [0.15, 0.2) is 8.32 Å². The summed E-state index contributed by atoms with van der Waals surface area (Å²) in [5.74, 6) is 2.63. The SMILES string of the molecule is CC1CCC2CC(O[Si](C)(C)C(C)(C)C)C[CH]C2C1CCC1CC(OCOCc2ccccc2)CC(=O)O1. The van der Waals surface area contributed by atoms with Crippen LogP contribution in [0.5, 0.6) is 0 Å². The van der Waals surface area contributed by atoms with Gasteiger partial charge in [-0.25, -0.2) is 0 Å². The molecule has 3 fully saturated rings. The number of esters is 1. The number of carbonyl (C=O) groups excluding carboxylic acids is 1. The lowest BCUT2D eigenvalue weighted by atomic mass is 9.60. The average molecular weight is 544 g/mol. The number of carbonyl (C=O) groups is 1. The van der Waals surface area contributed by atoms with E-state index in [9.17, 15) is 4.79 Å². The van der Waals surface area contributed by atoms with E-state index in [-0.39, 0.29) is 30.0 Å². The average Bonchev–Trinajstić information content (AvgIpc) is 2.85. The largest absolute Gasteiger partial charge is 0.462 e. The van der Waals surface area contributed by atoms with Crippen molar-refractivity contribution < 1.29 is 23.4 Å². The first-order valence-electron chi connectivity index (χ1n) is 15.0. The summed E-state index contributed by atoms with van der Waals surface area (Å²) < 4.78 is 24.2. The summed E-state index contributed by atoms with van der Waals surface area (Å²) in [5.41, 5.74) is 1.12. The van der Waals surface area contributed by atoms with Gasteiger partial charge < -0.3 is 18.6 Å². The molecule has 5 nitrogen and oxygen atoms in total. The predicted molar refractivity (Wildman–Crippen MR) is 154 cm³/mol. The Hall–Kier alpha value is -1.21. The molecule has 2 aliphatic carbocycles. The molecule has 4 rings (SSSR count). The highest BCUT2D eigenvalue weighted by atomic mass is 28.4. The fraction of sp³-hybridized carbons (Fsp3) is 0.750. The molecule has 0 aromatic heterocycles. The number of ether oxygens (including phenoxy) is 3. The van der Waals surface area contributed by atoms with Gasteiger partial charge in [0, 0.05) is 12.5 Å². The molecule has 1 saturated heterocycles. The van der Waals surface area contributed by atoms with Crippen molar-refractivity contribution in [3.05, 3.63) is 42.3 Å². The molecule has 213 valence electrons. The summed E-state index contributed by atoms with van der Waals surface area (Å²) in [6.45, 7) is 14.9. The highest BCUT2D eigenvalue weighted by Crippen LogP contribution is 2.49. The van der Waals surface area contributed by atoms with E-state index < -0.39 is 8.32 Å². The fourth-order valence-electron chi connectivity index (χ4n) is 6.57. The lowest BCUT2D eigenvalue weighted by molar-refractivity contribution is -0.172. The second-order valence-corrected chi connectivity index (χ2v) is 18.4. The number of cyclic esters (lactones) is 1. The monoisotopic (exact) mass is 543 g/mol. The summed E-state index contributed by atoms with van der Waals surface area (Å²) in [5, 5.41) is 0.250. The number of hydrogen-bond donors (Lipinski definition) is 0. The summed E-state index contributed by atoms with van der Waals surface area (Å²) in [6.07, 6.45) is 10.8. The Bertz CT molecular complexity index is 882. The molecular formula is C32H51O5Si. The third-order valence-corrected chi connectivity index (χ3v) is 14.3. The fourth-order valence-corrected chi connectivity index (χ4v) is 7.95. The van der Waals surface area contributed by atoms with Gasteiger partial charge in [0.1, 0.15) is 12.9 Å². The molecule has 1 aromatic rings. The highest BCUT2D eigenvalue weighted by molar-refractivity contribution is 6.74. The second-order valence-electron chi connectivity index (χ2n) is 13.6. The number of hydrogen-bond acceptors (Lipinski definition) is 5. The molecule has 0 bridgehead atoms. The third kappa shape index (κ3) is 7.93. The molecule has 1 heterocycles. The van der Waals surface area contributed by atoms with Crippen LogP contribution in [0.3, 0.4) is 0 Å². The Balaban J connectivity index is 1.24. The zero-order chi connectivity index (χ0) is 27.3. The summed E-state index contributed by atoms with van der Waals surface area (Å²) in [6, 6.07) is 10.1. The van der Waals surface area contributed by atoms with Gasteiger partial charge in [-0.1, -0.05) is 64.4 Å². The minimum atomic E-state index is -1.75. The molecule has 7 atom stereocenters. The number of rotatable bonds is 10. The first-order valence-corrected chi connectivity index (χ1v) is 17.9. The van der Waals surface area contributed by atoms with Gasteiger partial charge in [0.05, 0.1) is 19.1 Å². The van der Waals surface area contributed by atoms with E-state index in [2.05, 4.69) is 47.2 Å². The molecule has 38 heavy (non-hydrogen) atoms. The predicted octanol–water partition coefficient (Wildman–Crippen LogP) is 7.70. The molecule has 7 unspecified atom stereocenters. The quantitative estimate of drug-likeness (QED) is 0.131. The molecule has 1 aromatic carbocycles. The highest BCUT2D eigenvalue weighted by Gasteiger charge is 2.45. The van der Waals surface area contributed by atoms with Crippen molar-refractivity contribution in [1.82, 2.24) is 0 Å². The van der Waals surface area contributed by atoms with Crippen molar-refractivity contribution in [2.45, 2.75) is 122 Å². The minimum absolute atomic E-state index is 0.0544. The normalized spacial score (nSPS) is 32.5. The Labute approximate surface area is 232 Å². The molecular weight excluding hydrogens is 492 g/mol. The topological polar surface area (TPSA) is 54.0 Å². The van der Waals surface area contributed by atoms with Gasteiger partial charge in [0.25, 0.3) is 0 Å². The van der Waals surface area contributed by atoms with Crippen molar-refractivity contribution in [2.75, 3.05) is 6.79 Å². The summed E-state index contributed by atoms with van der Waals surface area (Å²) >= 11 is 0. The van der Waals surface area contributed by atoms with Crippen molar-refractivity contribution >= 4 is 14.3 Å². The molecule has 0 amide bonds. The van der Waals surface area contributed by atoms with Crippen LogP contribution in [0.1, 0.15) is 84.6 Å². The Morgan fingerprint density at radius 1 is 1.03 bits per heavy atom. The molecule has 0 spiro atoms. The van der Waals surface area contributed by atoms with Gasteiger partial charge >= 0.3 is 5.97 Å². The van der Waals surface area contributed by atoms with Crippen LogP contribution in [-0.4, -0.2) is 39.4 Å². The molecule has 3 aliphatic rings. The van der Waals surface area contributed by atoms with Crippen LogP contribution in [0.15, 0.2) is 30.3 Å². The Kier molecular flexibility index (Phi) is 10.2. The summed E-state index contributed by atoms with van der Waals surface area (Å²) in [7, 11) is -1.75. The van der Waals surface area contributed by atoms with E-state index in [1.807, 2.05) is 30.3 Å². The van der Waals surface area contributed by atoms with Gasteiger partial charge in [-0.3, -0.25) is 4.79 Å². The van der Waals surface area contributed by atoms with Crippen LogP contribution in [-0.2, 0) is 30.0 Å². The maximum absolute atomic E-state index is 12.3. The van der Waals surface area contributed by atoms with E-state index in [1.54, 1.807) is 0 Å².